The summed E-state index contributed by atoms with van der Waals surface area (Å²) in [5.74, 6) is 0.777. The molecular formula is C14H14ClN3. The molecule has 1 aliphatic carbocycles. The summed E-state index contributed by atoms with van der Waals surface area (Å²) < 4.78 is 0. The molecule has 1 aliphatic rings. The molecule has 3 rings (SSSR count). The van der Waals surface area contributed by atoms with E-state index in [0.717, 1.165) is 35.6 Å². The molecule has 0 atom stereocenters. The second kappa shape index (κ2) is 5.02. The van der Waals surface area contributed by atoms with Gasteiger partial charge in [0.15, 0.2) is 0 Å². The second-order valence-electron chi connectivity index (χ2n) is 4.56. The summed E-state index contributed by atoms with van der Waals surface area (Å²) in [6, 6.07) is 5.86. The summed E-state index contributed by atoms with van der Waals surface area (Å²) in [4.78, 5) is 13.3. The van der Waals surface area contributed by atoms with Gasteiger partial charge in [0.25, 0.3) is 0 Å². The number of hydrogen-bond donors (Lipinski definition) is 0. The van der Waals surface area contributed by atoms with E-state index < -0.39 is 0 Å². The molecule has 0 saturated carbocycles. The van der Waals surface area contributed by atoms with Crippen LogP contribution in [0, 0.1) is 0 Å². The lowest BCUT2D eigenvalue weighted by molar-refractivity contribution is 0.655. The lowest BCUT2D eigenvalue weighted by Crippen LogP contribution is -2.11. The lowest BCUT2D eigenvalue weighted by Gasteiger charge is -2.16. The molecule has 0 amide bonds. The van der Waals surface area contributed by atoms with Crippen LogP contribution in [0.2, 0.25) is 5.15 Å². The van der Waals surface area contributed by atoms with Crippen LogP contribution in [0.15, 0.2) is 24.4 Å². The van der Waals surface area contributed by atoms with Gasteiger partial charge in [-0.1, -0.05) is 17.7 Å². The standard InChI is InChI=1S/C14H14ClN3/c15-14-11-6-1-2-7-12(11)17-13(18-14)9-10-5-3-4-8-16-10/h3-5,8H,1-2,6-7,9H2. The maximum Gasteiger partial charge on any atom is 0.136 e. The average Bonchev–Trinajstić information content (AvgIpc) is 2.40. The molecular weight excluding hydrogens is 246 g/mol. The third-order valence-electron chi connectivity index (χ3n) is 3.24. The van der Waals surface area contributed by atoms with Gasteiger partial charge in [-0.15, -0.1) is 0 Å². The second-order valence-corrected chi connectivity index (χ2v) is 4.92. The van der Waals surface area contributed by atoms with Crippen LogP contribution in [0.4, 0.5) is 0 Å². The van der Waals surface area contributed by atoms with Gasteiger partial charge in [-0.3, -0.25) is 4.98 Å². The summed E-state index contributed by atoms with van der Waals surface area (Å²) >= 11 is 6.24. The minimum atomic E-state index is 0.630. The smallest absolute Gasteiger partial charge is 0.136 e. The number of fused-ring (bicyclic) bond motifs is 1. The molecule has 0 saturated heterocycles. The average molecular weight is 260 g/mol. The minimum Gasteiger partial charge on any atom is -0.261 e. The van der Waals surface area contributed by atoms with E-state index in [-0.39, 0.29) is 0 Å². The predicted molar refractivity (Wildman–Crippen MR) is 70.7 cm³/mol. The van der Waals surface area contributed by atoms with Crippen molar-refractivity contribution >= 4 is 11.6 Å². The first-order chi connectivity index (χ1) is 8.83. The fraction of sp³-hybridized carbons (Fsp3) is 0.357. The highest BCUT2D eigenvalue weighted by molar-refractivity contribution is 6.30. The molecule has 2 aromatic heterocycles. The van der Waals surface area contributed by atoms with Gasteiger partial charge in [0.2, 0.25) is 0 Å². The molecule has 0 unspecified atom stereocenters. The van der Waals surface area contributed by atoms with E-state index >= 15 is 0 Å². The zero-order valence-corrected chi connectivity index (χ0v) is 10.8. The van der Waals surface area contributed by atoms with E-state index in [2.05, 4.69) is 15.0 Å². The highest BCUT2D eigenvalue weighted by Gasteiger charge is 2.16. The first-order valence-corrected chi connectivity index (χ1v) is 6.65. The van der Waals surface area contributed by atoms with Crippen molar-refractivity contribution in [3.05, 3.63) is 52.3 Å². The summed E-state index contributed by atoms with van der Waals surface area (Å²) in [6.45, 7) is 0. The number of halogens is 1. The fourth-order valence-corrected chi connectivity index (χ4v) is 2.64. The van der Waals surface area contributed by atoms with Crippen LogP contribution in [0.1, 0.15) is 35.6 Å². The molecule has 0 aromatic carbocycles. The molecule has 0 spiro atoms. The highest BCUT2D eigenvalue weighted by Crippen LogP contribution is 2.25. The molecule has 3 nitrogen and oxygen atoms in total. The highest BCUT2D eigenvalue weighted by atomic mass is 35.5. The summed E-state index contributed by atoms with van der Waals surface area (Å²) in [7, 11) is 0. The van der Waals surface area contributed by atoms with Gasteiger partial charge in [0.1, 0.15) is 11.0 Å². The van der Waals surface area contributed by atoms with Crippen LogP contribution in [0.25, 0.3) is 0 Å². The number of pyridine rings is 1. The van der Waals surface area contributed by atoms with E-state index in [1.807, 2.05) is 18.2 Å². The Morgan fingerprint density at radius 3 is 2.83 bits per heavy atom. The van der Waals surface area contributed by atoms with Crippen molar-refractivity contribution in [1.29, 1.82) is 0 Å². The number of hydrogen-bond acceptors (Lipinski definition) is 3. The zero-order chi connectivity index (χ0) is 12.4. The molecule has 18 heavy (non-hydrogen) atoms. The Hall–Kier alpha value is -1.48. The van der Waals surface area contributed by atoms with E-state index in [1.54, 1.807) is 6.20 Å². The first-order valence-electron chi connectivity index (χ1n) is 6.27. The van der Waals surface area contributed by atoms with Gasteiger partial charge < -0.3 is 0 Å². The normalized spacial score (nSPS) is 14.3. The third kappa shape index (κ3) is 2.36. The van der Waals surface area contributed by atoms with Crippen LogP contribution >= 0.6 is 11.6 Å². The van der Waals surface area contributed by atoms with Crippen molar-refractivity contribution in [1.82, 2.24) is 15.0 Å². The zero-order valence-electron chi connectivity index (χ0n) is 10.1. The van der Waals surface area contributed by atoms with Gasteiger partial charge in [-0.25, -0.2) is 9.97 Å². The van der Waals surface area contributed by atoms with Crippen molar-refractivity contribution in [2.45, 2.75) is 32.1 Å². The Bertz CT molecular complexity index is 554. The van der Waals surface area contributed by atoms with Crippen molar-refractivity contribution < 1.29 is 0 Å². The Morgan fingerprint density at radius 2 is 2.00 bits per heavy atom. The lowest BCUT2D eigenvalue weighted by atomic mass is 9.97. The topological polar surface area (TPSA) is 38.7 Å². The van der Waals surface area contributed by atoms with Crippen molar-refractivity contribution in [2.24, 2.45) is 0 Å². The monoisotopic (exact) mass is 259 g/mol. The first kappa shape index (κ1) is 11.6. The van der Waals surface area contributed by atoms with Gasteiger partial charge in [0.05, 0.1) is 6.42 Å². The molecule has 4 heteroatoms. The van der Waals surface area contributed by atoms with E-state index in [9.17, 15) is 0 Å². The van der Waals surface area contributed by atoms with E-state index in [4.69, 9.17) is 11.6 Å². The number of aryl methyl sites for hydroxylation is 1. The van der Waals surface area contributed by atoms with Gasteiger partial charge >= 0.3 is 0 Å². The molecule has 0 fully saturated rings. The Morgan fingerprint density at radius 1 is 1.11 bits per heavy atom. The molecule has 2 aromatic rings. The predicted octanol–water partition coefficient (Wildman–Crippen LogP) is 2.99. The maximum absolute atomic E-state index is 6.24. The maximum atomic E-state index is 6.24. The molecule has 0 N–H and O–H groups in total. The Balaban J connectivity index is 1.91. The number of nitrogens with zero attached hydrogens (tertiary/aromatic N) is 3. The van der Waals surface area contributed by atoms with Crippen molar-refractivity contribution in [2.75, 3.05) is 0 Å². The van der Waals surface area contributed by atoms with Crippen LogP contribution < -0.4 is 0 Å². The van der Waals surface area contributed by atoms with Crippen LogP contribution in [-0.4, -0.2) is 15.0 Å². The summed E-state index contributed by atoms with van der Waals surface area (Å²) in [6.07, 6.45) is 6.85. The molecule has 92 valence electrons. The van der Waals surface area contributed by atoms with Crippen LogP contribution in [0.3, 0.4) is 0 Å². The molecule has 0 bridgehead atoms. The molecule has 0 aliphatic heterocycles. The number of aromatic nitrogens is 3. The third-order valence-corrected chi connectivity index (χ3v) is 3.56. The van der Waals surface area contributed by atoms with Crippen LogP contribution in [-0.2, 0) is 19.3 Å². The minimum absolute atomic E-state index is 0.630. The quantitative estimate of drug-likeness (QED) is 0.779. The van der Waals surface area contributed by atoms with Crippen LogP contribution in [0.5, 0.6) is 0 Å². The Labute approximate surface area is 111 Å². The van der Waals surface area contributed by atoms with Gasteiger partial charge in [0, 0.05) is 23.1 Å². The van der Waals surface area contributed by atoms with Gasteiger partial charge in [-0.05, 0) is 37.8 Å². The fourth-order valence-electron chi connectivity index (χ4n) is 2.34. The number of rotatable bonds is 2. The molecule has 0 radical (unpaired) electrons. The van der Waals surface area contributed by atoms with E-state index in [0.29, 0.717) is 11.6 Å². The van der Waals surface area contributed by atoms with E-state index in [1.165, 1.54) is 12.8 Å². The van der Waals surface area contributed by atoms with Gasteiger partial charge in [-0.2, -0.15) is 0 Å². The molecule has 2 heterocycles. The largest absolute Gasteiger partial charge is 0.261 e. The summed E-state index contributed by atoms with van der Waals surface area (Å²) in [5.41, 5.74) is 3.25. The van der Waals surface area contributed by atoms with Crippen molar-refractivity contribution in [3.8, 4) is 0 Å². The van der Waals surface area contributed by atoms with Crippen molar-refractivity contribution in [3.63, 3.8) is 0 Å². The Kier molecular flexibility index (Phi) is 3.24. The summed E-state index contributed by atoms with van der Waals surface area (Å²) in [5, 5.41) is 0.630. The SMILES string of the molecule is Clc1nc(Cc2ccccn2)nc2c1CCCC2.